The van der Waals surface area contributed by atoms with Gasteiger partial charge in [0.25, 0.3) is 0 Å². The van der Waals surface area contributed by atoms with Crippen molar-refractivity contribution in [2.24, 2.45) is 4.99 Å². The summed E-state index contributed by atoms with van der Waals surface area (Å²) in [6.45, 7) is 1.85. The number of carbonyl (C=O) groups is 1. The molecule has 0 saturated heterocycles. The fourth-order valence-electron chi connectivity index (χ4n) is 1.01. The molecule has 93 valence electrons. The number of methoxy groups -OCH3 is 1. The van der Waals surface area contributed by atoms with Gasteiger partial charge in [-0.2, -0.15) is 0 Å². The first kappa shape index (κ1) is 16.0. The SMILES string of the molecule is CC[C@H](O)C([Se])=N[C@@H](CCSC)C(=O)OC. The Labute approximate surface area is 109 Å². The second kappa shape index (κ2) is 9.05. The zero-order valence-electron chi connectivity index (χ0n) is 9.80. The second-order valence-electron chi connectivity index (χ2n) is 3.21. The number of hydrogen-bond acceptors (Lipinski definition) is 5. The summed E-state index contributed by atoms with van der Waals surface area (Å²) in [5.74, 6) is 0.476. The Balaban J connectivity index is 4.56. The van der Waals surface area contributed by atoms with Crippen LogP contribution in [0, 0.1) is 0 Å². The van der Waals surface area contributed by atoms with Crippen LogP contribution < -0.4 is 0 Å². The molecule has 0 rings (SSSR count). The third kappa shape index (κ3) is 5.89. The molecule has 0 amide bonds. The molecule has 0 aliphatic rings. The maximum absolute atomic E-state index is 11.4. The average Bonchev–Trinajstić information content (AvgIpc) is 2.31. The van der Waals surface area contributed by atoms with E-state index in [0.717, 1.165) is 5.75 Å². The second-order valence-corrected chi connectivity index (χ2v) is 5.07. The van der Waals surface area contributed by atoms with E-state index >= 15 is 0 Å². The first-order chi connectivity index (χ1) is 7.56. The Hall–Kier alpha value is -0.0305. The summed E-state index contributed by atoms with van der Waals surface area (Å²) < 4.78 is 5.14. The normalized spacial score (nSPS) is 15.6. The number of nitrogens with zero attached hydrogens (tertiary/aromatic N) is 1. The van der Waals surface area contributed by atoms with Gasteiger partial charge in [-0.05, 0) is 0 Å². The van der Waals surface area contributed by atoms with Crippen LogP contribution in [0.4, 0.5) is 0 Å². The van der Waals surface area contributed by atoms with Crippen molar-refractivity contribution in [1.29, 1.82) is 0 Å². The Morgan fingerprint density at radius 2 is 2.25 bits per heavy atom. The van der Waals surface area contributed by atoms with Crippen LogP contribution in [0.3, 0.4) is 0 Å². The number of aliphatic hydroxyl groups is 1. The van der Waals surface area contributed by atoms with E-state index in [1.54, 1.807) is 11.8 Å². The van der Waals surface area contributed by atoms with E-state index in [-0.39, 0.29) is 5.97 Å². The van der Waals surface area contributed by atoms with Crippen LogP contribution in [-0.2, 0) is 9.53 Å². The van der Waals surface area contributed by atoms with Crippen molar-refractivity contribution >= 4 is 38.4 Å². The summed E-state index contributed by atoms with van der Waals surface area (Å²) in [5, 5.41) is 9.54. The van der Waals surface area contributed by atoms with E-state index < -0.39 is 12.1 Å². The molecule has 2 atom stereocenters. The van der Waals surface area contributed by atoms with Crippen LogP contribution >= 0.6 is 11.8 Å². The first-order valence-corrected chi connectivity index (χ1v) is 7.31. The molecule has 0 bridgehead atoms. The number of aliphatic hydroxyl groups excluding tert-OH is 1. The summed E-state index contributed by atoms with van der Waals surface area (Å²) in [6, 6.07) is -0.519. The van der Waals surface area contributed by atoms with E-state index in [9.17, 15) is 9.90 Å². The molecule has 0 unspecified atom stereocenters. The Kier molecular flexibility index (Phi) is 9.03. The van der Waals surface area contributed by atoms with Gasteiger partial charge in [0.05, 0.1) is 0 Å². The van der Waals surface area contributed by atoms with Gasteiger partial charge < -0.3 is 0 Å². The van der Waals surface area contributed by atoms with Crippen molar-refractivity contribution in [1.82, 2.24) is 0 Å². The van der Waals surface area contributed by atoms with Crippen LogP contribution in [-0.4, -0.2) is 63.0 Å². The van der Waals surface area contributed by atoms with Gasteiger partial charge in [0, 0.05) is 0 Å². The van der Waals surface area contributed by atoms with E-state index in [0.29, 0.717) is 17.5 Å². The zero-order valence-corrected chi connectivity index (χ0v) is 12.3. The van der Waals surface area contributed by atoms with Gasteiger partial charge in [-0.25, -0.2) is 0 Å². The molecule has 0 aromatic heterocycles. The number of rotatable bonds is 7. The van der Waals surface area contributed by atoms with E-state index in [1.807, 2.05) is 13.2 Å². The van der Waals surface area contributed by atoms with Crippen LogP contribution in [0.1, 0.15) is 19.8 Å². The molecule has 4 nitrogen and oxygen atoms in total. The van der Waals surface area contributed by atoms with Crippen LogP contribution in [0.25, 0.3) is 0 Å². The topological polar surface area (TPSA) is 58.9 Å². The monoisotopic (exact) mass is 312 g/mol. The van der Waals surface area contributed by atoms with Crippen molar-refractivity contribution in [3.63, 3.8) is 0 Å². The van der Waals surface area contributed by atoms with Gasteiger partial charge in [0.1, 0.15) is 0 Å². The van der Waals surface area contributed by atoms with Gasteiger partial charge in [-0.15, -0.1) is 0 Å². The van der Waals surface area contributed by atoms with Crippen LogP contribution in [0.2, 0.25) is 0 Å². The average molecular weight is 311 g/mol. The molecule has 0 aromatic rings. The summed E-state index contributed by atoms with van der Waals surface area (Å²) in [5.41, 5.74) is 0. The molecule has 1 radical (unpaired) electrons. The molecular weight excluding hydrogens is 293 g/mol. The summed E-state index contributed by atoms with van der Waals surface area (Å²) >= 11 is 4.35. The molecule has 1 N–H and O–H groups in total. The fourth-order valence-corrected chi connectivity index (χ4v) is 2.09. The van der Waals surface area contributed by atoms with E-state index in [1.165, 1.54) is 7.11 Å². The standard InChI is InChI=1S/C10H18NO3SSe/c1-4-8(12)9(16)11-7(5-6-15-3)10(13)14-2/h7-8,12H,4-6H2,1-3H3/t7-,8-/m0/s1. The van der Waals surface area contributed by atoms with Crippen molar-refractivity contribution in [3.05, 3.63) is 0 Å². The Bertz CT molecular complexity index is 248. The van der Waals surface area contributed by atoms with Crippen molar-refractivity contribution < 1.29 is 14.6 Å². The van der Waals surface area contributed by atoms with Gasteiger partial charge >= 0.3 is 109 Å². The molecule has 0 aromatic carbocycles. The minimum absolute atomic E-state index is 0.356. The number of hydrogen-bond donors (Lipinski definition) is 1. The van der Waals surface area contributed by atoms with Gasteiger partial charge in [0.15, 0.2) is 0 Å². The van der Waals surface area contributed by atoms with Crippen molar-refractivity contribution in [2.45, 2.75) is 31.9 Å². The van der Waals surface area contributed by atoms with Crippen molar-refractivity contribution in [3.8, 4) is 0 Å². The third-order valence-electron chi connectivity index (χ3n) is 2.02. The minimum atomic E-state index is -0.624. The Morgan fingerprint density at radius 3 is 2.69 bits per heavy atom. The fraction of sp³-hybridized carbons (Fsp3) is 0.800. The molecule has 0 spiro atoms. The number of esters is 1. The molecule has 0 aliphatic heterocycles. The summed E-state index contributed by atoms with van der Waals surface area (Å²) in [6.07, 6.45) is 2.54. The van der Waals surface area contributed by atoms with Crippen LogP contribution in [0.15, 0.2) is 4.99 Å². The predicted octanol–water partition coefficient (Wildman–Crippen LogP) is 0.619. The summed E-state index contributed by atoms with van der Waals surface area (Å²) in [4.78, 5) is 15.6. The zero-order chi connectivity index (χ0) is 12.6. The molecule has 0 heterocycles. The molecule has 0 saturated carbocycles. The molecule has 16 heavy (non-hydrogen) atoms. The first-order valence-electron chi connectivity index (χ1n) is 5.06. The molecule has 6 heteroatoms. The number of carbonyl (C=O) groups excluding carboxylic acids is 1. The van der Waals surface area contributed by atoms with Gasteiger partial charge in [0.2, 0.25) is 0 Å². The van der Waals surface area contributed by atoms with Crippen molar-refractivity contribution in [2.75, 3.05) is 19.1 Å². The maximum atomic E-state index is 11.4. The Morgan fingerprint density at radius 1 is 1.62 bits per heavy atom. The van der Waals surface area contributed by atoms with Gasteiger partial charge in [-0.3, -0.25) is 0 Å². The number of ether oxygens (including phenoxy) is 1. The van der Waals surface area contributed by atoms with E-state index in [4.69, 9.17) is 0 Å². The molecule has 0 aliphatic carbocycles. The molecule has 0 fully saturated rings. The predicted molar refractivity (Wildman–Crippen MR) is 68.3 cm³/mol. The van der Waals surface area contributed by atoms with Crippen LogP contribution in [0.5, 0.6) is 0 Å². The number of aliphatic imine (C=N–C) groups is 1. The molecular formula is C10H18NO3SSe. The quantitative estimate of drug-likeness (QED) is 0.425. The summed E-state index contributed by atoms with van der Waals surface area (Å²) in [7, 11) is 1.35. The third-order valence-corrected chi connectivity index (χ3v) is 3.46. The van der Waals surface area contributed by atoms with Gasteiger partial charge in [-0.1, -0.05) is 0 Å². The number of thioether (sulfide) groups is 1. The van der Waals surface area contributed by atoms with E-state index in [2.05, 4.69) is 25.7 Å².